The lowest BCUT2D eigenvalue weighted by molar-refractivity contribution is -0.131. The highest BCUT2D eigenvalue weighted by Crippen LogP contribution is 2.33. The van der Waals surface area contributed by atoms with Crippen LogP contribution in [0.3, 0.4) is 0 Å². The summed E-state index contributed by atoms with van der Waals surface area (Å²) in [6, 6.07) is 2.08. The number of nitrogens with zero attached hydrogens (tertiary/aromatic N) is 5. The molecule has 3 aliphatic rings. The van der Waals surface area contributed by atoms with E-state index in [9.17, 15) is 4.79 Å². The summed E-state index contributed by atoms with van der Waals surface area (Å²) < 4.78 is 5.43. The summed E-state index contributed by atoms with van der Waals surface area (Å²) in [5, 5.41) is 0. The molecule has 2 saturated heterocycles. The van der Waals surface area contributed by atoms with Gasteiger partial charge in [-0.25, -0.2) is 9.97 Å². The minimum absolute atomic E-state index is 0.329. The van der Waals surface area contributed by atoms with Crippen LogP contribution >= 0.6 is 0 Å². The average Bonchev–Trinajstić information content (AvgIpc) is 3.46. The molecule has 1 saturated carbocycles. The quantitative estimate of drug-likeness (QED) is 0.813. The van der Waals surface area contributed by atoms with Gasteiger partial charge in [-0.15, -0.1) is 0 Å². The number of carbonyl (C=O) groups excluding carboxylic acids is 1. The van der Waals surface area contributed by atoms with Gasteiger partial charge in [-0.3, -0.25) is 4.79 Å². The zero-order chi connectivity index (χ0) is 17.2. The number of morpholine rings is 1. The van der Waals surface area contributed by atoms with Crippen LogP contribution in [-0.2, 0) is 9.53 Å². The summed E-state index contributed by atoms with van der Waals surface area (Å²) in [5.41, 5.74) is 0. The Bertz CT molecular complexity index is 620. The molecule has 0 N–H and O–H groups in total. The number of aryl methyl sites for hydroxylation is 1. The van der Waals surface area contributed by atoms with Crippen molar-refractivity contribution in [3.8, 4) is 0 Å². The molecule has 0 aromatic carbocycles. The fourth-order valence-corrected chi connectivity index (χ4v) is 3.54. The van der Waals surface area contributed by atoms with Crippen LogP contribution < -0.4 is 9.80 Å². The molecule has 0 bridgehead atoms. The Balaban J connectivity index is 1.40. The molecule has 2 aliphatic heterocycles. The molecule has 0 radical (unpaired) electrons. The van der Waals surface area contributed by atoms with Crippen LogP contribution in [0.5, 0.6) is 0 Å². The second kappa shape index (κ2) is 7.15. The van der Waals surface area contributed by atoms with E-state index >= 15 is 0 Å². The highest BCUT2D eigenvalue weighted by molar-refractivity contribution is 5.77. The highest BCUT2D eigenvalue weighted by atomic mass is 16.5. The standard InChI is InChI=1S/C18H27N5O2/c1-14-19-16(13-17(20-14)22-8-10-25-11-9-22)21-4-6-23(7-5-21)18(24)12-15-2-3-15/h13,15H,2-12H2,1H3. The van der Waals surface area contributed by atoms with Crippen LogP contribution in [0.15, 0.2) is 6.07 Å². The first-order chi connectivity index (χ1) is 12.2. The normalized spacial score (nSPS) is 21.6. The predicted molar refractivity (Wildman–Crippen MR) is 95.9 cm³/mol. The number of anilines is 2. The average molecular weight is 345 g/mol. The predicted octanol–water partition coefficient (Wildman–Crippen LogP) is 1.07. The molecule has 3 heterocycles. The number of amides is 1. The van der Waals surface area contributed by atoms with Crippen molar-refractivity contribution >= 4 is 17.5 Å². The van der Waals surface area contributed by atoms with Crippen LogP contribution in [0.4, 0.5) is 11.6 Å². The van der Waals surface area contributed by atoms with Crippen LogP contribution in [-0.4, -0.2) is 73.3 Å². The first-order valence-electron chi connectivity index (χ1n) is 9.40. The summed E-state index contributed by atoms with van der Waals surface area (Å²) in [7, 11) is 0. The fraction of sp³-hybridized carbons (Fsp3) is 0.722. The van der Waals surface area contributed by atoms with Crippen LogP contribution in [0, 0.1) is 12.8 Å². The van der Waals surface area contributed by atoms with Gasteiger partial charge in [-0.2, -0.15) is 0 Å². The van der Waals surface area contributed by atoms with E-state index in [1.54, 1.807) is 0 Å². The molecular weight excluding hydrogens is 318 g/mol. The Morgan fingerprint density at radius 2 is 1.64 bits per heavy atom. The van der Waals surface area contributed by atoms with Gasteiger partial charge in [-0.05, 0) is 25.7 Å². The Labute approximate surface area is 149 Å². The minimum Gasteiger partial charge on any atom is -0.378 e. The maximum Gasteiger partial charge on any atom is 0.222 e. The molecule has 0 spiro atoms. The van der Waals surface area contributed by atoms with E-state index in [0.717, 1.165) is 76.4 Å². The second-order valence-electron chi connectivity index (χ2n) is 7.25. The number of hydrogen-bond acceptors (Lipinski definition) is 6. The SMILES string of the molecule is Cc1nc(N2CCOCC2)cc(N2CCN(C(=O)CC3CC3)CC2)n1. The van der Waals surface area contributed by atoms with Gasteiger partial charge in [0.05, 0.1) is 13.2 Å². The molecule has 136 valence electrons. The van der Waals surface area contributed by atoms with Crippen molar-refractivity contribution < 1.29 is 9.53 Å². The molecular formula is C18H27N5O2. The molecule has 3 fully saturated rings. The first kappa shape index (κ1) is 16.6. The minimum atomic E-state index is 0.329. The summed E-state index contributed by atoms with van der Waals surface area (Å²) in [4.78, 5) is 28.1. The van der Waals surface area contributed by atoms with E-state index in [1.807, 2.05) is 11.8 Å². The summed E-state index contributed by atoms with van der Waals surface area (Å²) >= 11 is 0. The summed E-state index contributed by atoms with van der Waals surface area (Å²) in [6.07, 6.45) is 3.21. The number of rotatable bonds is 4. The Hall–Kier alpha value is -1.89. The molecule has 7 heteroatoms. The van der Waals surface area contributed by atoms with Gasteiger partial charge in [0, 0.05) is 51.8 Å². The van der Waals surface area contributed by atoms with Crippen molar-refractivity contribution in [3.63, 3.8) is 0 Å². The monoisotopic (exact) mass is 345 g/mol. The van der Waals surface area contributed by atoms with Crippen molar-refractivity contribution in [3.05, 3.63) is 11.9 Å². The number of piperazine rings is 1. The third kappa shape index (κ3) is 4.03. The zero-order valence-electron chi connectivity index (χ0n) is 15.0. The van der Waals surface area contributed by atoms with E-state index in [0.29, 0.717) is 11.8 Å². The van der Waals surface area contributed by atoms with Crippen molar-refractivity contribution in [1.82, 2.24) is 14.9 Å². The van der Waals surface area contributed by atoms with Gasteiger partial charge in [0.1, 0.15) is 17.5 Å². The van der Waals surface area contributed by atoms with E-state index in [2.05, 4.69) is 25.8 Å². The van der Waals surface area contributed by atoms with Gasteiger partial charge in [0.15, 0.2) is 0 Å². The van der Waals surface area contributed by atoms with E-state index in [1.165, 1.54) is 12.8 Å². The maximum absolute atomic E-state index is 12.3. The van der Waals surface area contributed by atoms with Crippen molar-refractivity contribution in [2.24, 2.45) is 5.92 Å². The van der Waals surface area contributed by atoms with Crippen molar-refractivity contribution in [2.45, 2.75) is 26.2 Å². The van der Waals surface area contributed by atoms with E-state index in [-0.39, 0.29) is 0 Å². The molecule has 1 amide bonds. The lowest BCUT2D eigenvalue weighted by atomic mass is 10.2. The number of aromatic nitrogens is 2. The lowest BCUT2D eigenvalue weighted by Gasteiger charge is -2.36. The summed E-state index contributed by atoms with van der Waals surface area (Å²) in [5.74, 6) is 3.74. The number of hydrogen-bond donors (Lipinski definition) is 0. The van der Waals surface area contributed by atoms with Crippen molar-refractivity contribution in [1.29, 1.82) is 0 Å². The molecule has 1 aromatic rings. The molecule has 25 heavy (non-hydrogen) atoms. The second-order valence-corrected chi connectivity index (χ2v) is 7.25. The van der Waals surface area contributed by atoms with E-state index in [4.69, 9.17) is 4.74 Å². The Morgan fingerprint density at radius 1 is 1.04 bits per heavy atom. The number of ether oxygens (including phenoxy) is 1. The smallest absolute Gasteiger partial charge is 0.222 e. The molecule has 1 aliphatic carbocycles. The first-order valence-corrected chi connectivity index (χ1v) is 9.40. The van der Waals surface area contributed by atoms with Gasteiger partial charge in [0.2, 0.25) is 5.91 Å². The third-order valence-corrected chi connectivity index (χ3v) is 5.26. The molecule has 7 nitrogen and oxygen atoms in total. The van der Waals surface area contributed by atoms with Gasteiger partial charge < -0.3 is 19.4 Å². The van der Waals surface area contributed by atoms with Crippen molar-refractivity contribution in [2.75, 3.05) is 62.3 Å². The van der Waals surface area contributed by atoms with Gasteiger partial charge in [-0.1, -0.05) is 0 Å². The molecule has 0 unspecified atom stereocenters. The molecule has 4 rings (SSSR count). The highest BCUT2D eigenvalue weighted by Gasteiger charge is 2.29. The number of carbonyl (C=O) groups is 1. The van der Waals surface area contributed by atoms with Crippen LogP contribution in [0.25, 0.3) is 0 Å². The summed E-state index contributed by atoms with van der Waals surface area (Å²) in [6.45, 7) is 8.47. The zero-order valence-corrected chi connectivity index (χ0v) is 15.0. The third-order valence-electron chi connectivity index (χ3n) is 5.26. The maximum atomic E-state index is 12.3. The van der Waals surface area contributed by atoms with Crippen LogP contribution in [0.2, 0.25) is 0 Å². The fourth-order valence-electron chi connectivity index (χ4n) is 3.54. The Kier molecular flexibility index (Phi) is 4.74. The Morgan fingerprint density at radius 3 is 2.24 bits per heavy atom. The molecule has 1 aromatic heterocycles. The van der Waals surface area contributed by atoms with Crippen LogP contribution in [0.1, 0.15) is 25.1 Å². The van der Waals surface area contributed by atoms with Gasteiger partial charge >= 0.3 is 0 Å². The topological polar surface area (TPSA) is 61.8 Å². The lowest BCUT2D eigenvalue weighted by Crippen LogP contribution is -2.49. The van der Waals surface area contributed by atoms with E-state index < -0.39 is 0 Å². The van der Waals surface area contributed by atoms with Gasteiger partial charge in [0.25, 0.3) is 0 Å². The molecule has 0 atom stereocenters. The largest absolute Gasteiger partial charge is 0.378 e.